The van der Waals surface area contributed by atoms with Crippen molar-refractivity contribution in [1.29, 1.82) is 0 Å². The van der Waals surface area contributed by atoms with Crippen LogP contribution in [0.25, 0.3) is 32.9 Å². The highest BCUT2D eigenvalue weighted by molar-refractivity contribution is 6.36. The number of benzene rings is 3. The van der Waals surface area contributed by atoms with Gasteiger partial charge in [0.15, 0.2) is 0 Å². The number of fused-ring (bicyclic) bond motifs is 3. The Kier molecular flexibility index (Phi) is 2.54. The second-order valence-corrected chi connectivity index (χ2v) is 5.29. The summed E-state index contributed by atoms with van der Waals surface area (Å²) >= 11 is 6.30. The second kappa shape index (κ2) is 4.39. The Balaban J connectivity index is 2.14. The maximum atomic E-state index is 6.30. The molecule has 0 aliphatic carbocycles. The minimum atomic E-state index is 0.762. The molecule has 96 valence electrons. The zero-order valence-electron chi connectivity index (χ0n) is 10.7. The number of hydrogen-bond donors (Lipinski definition) is 1. The molecule has 0 aliphatic rings. The minimum Gasteiger partial charge on any atom is -0.353 e. The van der Waals surface area contributed by atoms with E-state index in [0.29, 0.717) is 0 Å². The molecule has 0 saturated carbocycles. The summed E-state index contributed by atoms with van der Waals surface area (Å²) in [6, 6.07) is 22.8. The molecule has 0 fully saturated rings. The van der Waals surface area contributed by atoms with Crippen molar-refractivity contribution in [1.82, 2.24) is 4.98 Å². The van der Waals surface area contributed by atoms with E-state index < -0.39 is 0 Å². The third-order valence-corrected chi connectivity index (χ3v) is 4.02. The van der Waals surface area contributed by atoms with Gasteiger partial charge in [0.25, 0.3) is 0 Å². The Morgan fingerprint density at radius 1 is 0.650 bits per heavy atom. The van der Waals surface area contributed by atoms with E-state index in [9.17, 15) is 0 Å². The Morgan fingerprint density at radius 3 is 2.15 bits per heavy atom. The lowest BCUT2D eigenvalue weighted by Crippen LogP contribution is -1.79. The van der Waals surface area contributed by atoms with Gasteiger partial charge in [-0.05, 0) is 11.6 Å². The summed E-state index contributed by atoms with van der Waals surface area (Å²) in [6.07, 6.45) is 0. The van der Waals surface area contributed by atoms with E-state index >= 15 is 0 Å². The zero-order chi connectivity index (χ0) is 13.5. The Labute approximate surface area is 121 Å². The smallest absolute Gasteiger partial charge is 0.0654 e. The molecule has 0 bridgehead atoms. The van der Waals surface area contributed by atoms with Crippen LogP contribution in [0.3, 0.4) is 0 Å². The fourth-order valence-electron chi connectivity index (χ4n) is 2.77. The SMILES string of the molecule is Clc1cccc2c1[nH]c1c(-c3ccccc3)cccc12. The summed E-state index contributed by atoms with van der Waals surface area (Å²) in [7, 11) is 0. The predicted molar refractivity (Wildman–Crippen MR) is 86.3 cm³/mol. The summed E-state index contributed by atoms with van der Waals surface area (Å²) in [5, 5.41) is 3.15. The first kappa shape index (κ1) is 11.6. The molecule has 3 aromatic carbocycles. The van der Waals surface area contributed by atoms with Crippen LogP contribution in [0, 0.1) is 0 Å². The standard InChI is InChI=1S/C18H12ClN/c19-16-11-5-10-15-14-9-4-8-13(17(14)20-18(15)16)12-6-2-1-3-7-12/h1-11,20H. The van der Waals surface area contributed by atoms with E-state index in [1.807, 2.05) is 18.2 Å². The first-order valence-electron chi connectivity index (χ1n) is 6.59. The number of rotatable bonds is 1. The third kappa shape index (κ3) is 1.64. The lowest BCUT2D eigenvalue weighted by Gasteiger charge is -2.03. The number of H-pyrrole nitrogens is 1. The van der Waals surface area contributed by atoms with Crippen molar-refractivity contribution in [3.63, 3.8) is 0 Å². The van der Waals surface area contributed by atoms with Crippen LogP contribution in [0.4, 0.5) is 0 Å². The number of nitrogens with one attached hydrogen (secondary N) is 1. The van der Waals surface area contributed by atoms with Crippen molar-refractivity contribution < 1.29 is 0 Å². The van der Waals surface area contributed by atoms with Gasteiger partial charge in [-0.3, -0.25) is 0 Å². The van der Waals surface area contributed by atoms with Crippen LogP contribution in [0.2, 0.25) is 5.02 Å². The molecular formula is C18H12ClN. The summed E-state index contributed by atoms with van der Waals surface area (Å²) in [4.78, 5) is 3.48. The highest BCUT2D eigenvalue weighted by Gasteiger charge is 2.10. The zero-order valence-corrected chi connectivity index (χ0v) is 11.5. The number of halogens is 1. The maximum Gasteiger partial charge on any atom is 0.0654 e. The van der Waals surface area contributed by atoms with Gasteiger partial charge in [0.05, 0.1) is 16.1 Å². The van der Waals surface area contributed by atoms with Crippen molar-refractivity contribution in [2.24, 2.45) is 0 Å². The first-order valence-corrected chi connectivity index (χ1v) is 6.97. The van der Waals surface area contributed by atoms with Crippen LogP contribution in [0.5, 0.6) is 0 Å². The molecule has 0 amide bonds. The van der Waals surface area contributed by atoms with Gasteiger partial charge in [-0.2, -0.15) is 0 Å². The number of aromatic amines is 1. The average Bonchev–Trinajstić information content (AvgIpc) is 2.88. The minimum absolute atomic E-state index is 0.762. The Morgan fingerprint density at radius 2 is 1.35 bits per heavy atom. The molecule has 1 aromatic heterocycles. The van der Waals surface area contributed by atoms with E-state index in [0.717, 1.165) is 16.1 Å². The molecule has 1 nitrogen and oxygen atoms in total. The maximum absolute atomic E-state index is 6.30. The van der Waals surface area contributed by atoms with Crippen LogP contribution < -0.4 is 0 Å². The summed E-state index contributed by atoms with van der Waals surface area (Å²) in [5.41, 5.74) is 4.56. The Bertz CT molecular complexity index is 907. The highest BCUT2D eigenvalue weighted by Crippen LogP contribution is 2.35. The van der Waals surface area contributed by atoms with Gasteiger partial charge in [0, 0.05) is 16.3 Å². The molecule has 0 spiro atoms. The first-order chi connectivity index (χ1) is 9.84. The van der Waals surface area contributed by atoms with E-state index in [1.54, 1.807) is 0 Å². The molecule has 2 heteroatoms. The Hall–Kier alpha value is -2.25. The van der Waals surface area contributed by atoms with Crippen LogP contribution >= 0.6 is 11.6 Å². The summed E-state index contributed by atoms with van der Waals surface area (Å²) in [5.74, 6) is 0. The van der Waals surface area contributed by atoms with Crippen molar-refractivity contribution in [3.05, 3.63) is 71.8 Å². The van der Waals surface area contributed by atoms with Gasteiger partial charge in [-0.25, -0.2) is 0 Å². The third-order valence-electron chi connectivity index (χ3n) is 3.70. The predicted octanol–water partition coefficient (Wildman–Crippen LogP) is 5.64. The second-order valence-electron chi connectivity index (χ2n) is 4.88. The lowest BCUT2D eigenvalue weighted by atomic mass is 10.0. The van der Waals surface area contributed by atoms with Crippen molar-refractivity contribution in [3.8, 4) is 11.1 Å². The van der Waals surface area contributed by atoms with Crippen molar-refractivity contribution in [2.75, 3.05) is 0 Å². The van der Waals surface area contributed by atoms with E-state index in [2.05, 4.69) is 53.5 Å². The molecule has 4 aromatic rings. The van der Waals surface area contributed by atoms with Crippen LogP contribution in [-0.4, -0.2) is 4.98 Å². The number of aromatic nitrogens is 1. The topological polar surface area (TPSA) is 15.8 Å². The molecule has 0 atom stereocenters. The molecule has 4 rings (SSSR count). The molecular weight excluding hydrogens is 266 g/mol. The lowest BCUT2D eigenvalue weighted by molar-refractivity contribution is 1.53. The van der Waals surface area contributed by atoms with Gasteiger partial charge in [0.1, 0.15) is 0 Å². The number of para-hydroxylation sites is 2. The fraction of sp³-hybridized carbons (Fsp3) is 0. The quantitative estimate of drug-likeness (QED) is 0.463. The average molecular weight is 278 g/mol. The molecule has 20 heavy (non-hydrogen) atoms. The molecule has 1 heterocycles. The summed E-state index contributed by atoms with van der Waals surface area (Å²) < 4.78 is 0. The van der Waals surface area contributed by atoms with E-state index in [-0.39, 0.29) is 0 Å². The van der Waals surface area contributed by atoms with Crippen molar-refractivity contribution >= 4 is 33.4 Å². The molecule has 0 aliphatic heterocycles. The monoisotopic (exact) mass is 277 g/mol. The molecule has 1 N–H and O–H groups in total. The van der Waals surface area contributed by atoms with Crippen LogP contribution in [-0.2, 0) is 0 Å². The largest absolute Gasteiger partial charge is 0.353 e. The van der Waals surface area contributed by atoms with Gasteiger partial charge >= 0.3 is 0 Å². The number of hydrogen-bond acceptors (Lipinski definition) is 0. The van der Waals surface area contributed by atoms with Gasteiger partial charge in [-0.15, -0.1) is 0 Å². The molecule has 0 unspecified atom stereocenters. The van der Waals surface area contributed by atoms with E-state index in [1.165, 1.54) is 21.9 Å². The molecule has 0 saturated heterocycles. The summed E-state index contributed by atoms with van der Waals surface area (Å²) in [6.45, 7) is 0. The van der Waals surface area contributed by atoms with Gasteiger partial charge < -0.3 is 4.98 Å². The van der Waals surface area contributed by atoms with Gasteiger partial charge in [0.2, 0.25) is 0 Å². The van der Waals surface area contributed by atoms with E-state index in [4.69, 9.17) is 11.6 Å². The highest BCUT2D eigenvalue weighted by atomic mass is 35.5. The van der Waals surface area contributed by atoms with Crippen LogP contribution in [0.1, 0.15) is 0 Å². The fourth-order valence-corrected chi connectivity index (χ4v) is 2.99. The van der Waals surface area contributed by atoms with Crippen molar-refractivity contribution in [2.45, 2.75) is 0 Å². The molecule has 0 radical (unpaired) electrons. The van der Waals surface area contributed by atoms with Crippen LogP contribution in [0.15, 0.2) is 66.7 Å². The normalized spacial score (nSPS) is 11.2. The van der Waals surface area contributed by atoms with Gasteiger partial charge in [-0.1, -0.05) is 72.3 Å².